The number of hydrogen-bond donors (Lipinski definition) is 1. The topological polar surface area (TPSA) is 76.9 Å². The monoisotopic (exact) mass is 306 g/mol. The maximum absolute atomic E-state index is 11.5. The molecule has 6 heteroatoms. The van der Waals surface area contributed by atoms with E-state index in [1.54, 1.807) is 13.8 Å². The Bertz CT molecular complexity index is 506. The molecule has 0 aromatic carbocycles. The van der Waals surface area contributed by atoms with E-state index in [0.29, 0.717) is 6.54 Å². The summed E-state index contributed by atoms with van der Waals surface area (Å²) in [4.78, 5) is 22.8. The van der Waals surface area contributed by atoms with Gasteiger partial charge in [-0.25, -0.2) is 0 Å². The average Bonchev–Trinajstić information content (AvgIpc) is 2.92. The van der Waals surface area contributed by atoms with Gasteiger partial charge in [0.05, 0.1) is 5.69 Å². The van der Waals surface area contributed by atoms with Crippen molar-refractivity contribution in [2.24, 2.45) is 5.92 Å². The lowest BCUT2D eigenvalue weighted by molar-refractivity contribution is -0.119. The fraction of sp³-hybridized carbons (Fsp3) is 0.625. The molecule has 1 rings (SSSR count). The molecule has 1 aromatic heterocycles. The lowest BCUT2D eigenvalue weighted by atomic mass is 10.1. The first-order chi connectivity index (χ1) is 10.5. The predicted molar refractivity (Wildman–Crippen MR) is 85.2 cm³/mol. The normalized spacial score (nSPS) is 11.3. The van der Waals surface area contributed by atoms with Gasteiger partial charge in [0.2, 0.25) is 5.91 Å². The first-order valence-corrected chi connectivity index (χ1v) is 7.91. The Morgan fingerprint density at radius 3 is 2.77 bits per heavy atom. The van der Waals surface area contributed by atoms with Crippen molar-refractivity contribution in [1.29, 1.82) is 0 Å². The maximum Gasteiger partial charge on any atom is 0.244 e. The summed E-state index contributed by atoms with van der Waals surface area (Å²) in [6.07, 6.45) is 8.34. The standard InChI is InChI=1S/C16H26N4O2/c1-4-11-20-12-14(18-19-20)7-5-6-10-17-16(22)9-8-15(21)13(2)3/h8-9,12-13H,4-7,10-11H2,1-3H3,(H,17,22)/b9-8+. The lowest BCUT2D eigenvalue weighted by Crippen LogP contribution is -2.22. The number of nitrogens with zero attached hydrogens (tertiary/aromatic N) is 3. The van der Waals surface area contributed by atoms with Gasteiger partial charge in [-0.2, -0.15) is 0 Å². The average molecular weight is 306 g/mol. The second-order valence-corrected chi connectivity index (χ2v) is 5.61. The van der Waals surface area contributed by atoms with E-state index in [9.17, 15) is 9.59 Å². The molecule has 0 radical (unpaired) electrons. The fourth-order valence-corrected chi connectivity index (χ4v) is 1.84. The van der Waals surface area contributed by atoms with Crippen LogP contribution in [0.25, 0.3) is 0 Å². The van der Waals surface area contributed by atoms with E-state index < -0.39 is 0 Å². The molecule has 22 heavy (non-hydrogen) atoms. The highest BCUT2D eigenvalue weighted by Crippen LogP contribution is 2.01. The number of rotatable bonds is 10. The van der Waals surface area contributed by atoms with E-state index in [4.69, 9.17) is 0 Å². The Morgan fingerprint density at radius 2 is 2.09 bits per heavy atom. The lowest BCUT2D eigenvalue weighted by Gasteiger charge is -2.01. The summed E-state index contributed by atoms with van der Waals surface area (Å²) >= 11 is 0. The number of carbonyl (C=O) groups is 2. The minimum absolute atomic E-state index is 0.0367. The number of ketones is 1. The van der Waals surface area contributed by atoms with Crippen molar-refractivity contribution < 1.29 is 9.59 Å². The fourth-order valence-electron chi connectivity index (χ4n) is 1.84. The van der Waals surface area contributed by atoms with E-state index in [1.807, 2.05) is 10.9 Å². The Morgan fingerprint density at radius 1 is 1.32 bits per heavy atom. The molecule has 0 aliphatic carbocycles. The van der Waals surface area contributed by atoms with Crippen molar-refractivity contribution in [2.75, 3.05) is 6.54 Å². The zero-order chi connectivity index (χ0) is 16.4. The van der Waals surface area contributed by atoms with E-state index >= 15 is 0 Å². The third-order valence-corrected chi connectivity index (χ3v) is 3.17. The molecule has 0 aliphatic rings. The van der Waals surface area contributed by atoms with Gasteiger partial charge in [-0.05, 0) is 31.8 Å². The summed E-state index contributed by atoms with van der Waals surface area (Å²) < 4.78 is 1.85. The van der Waals surface area contributed by atoms with Crippen molar-refractivity contribution in [1.82, 2.24) is 20.3 Å². The molecule has 122 valence electrons. The third kappa shape index (κ3) is 7.15. The van der Waals surface area contributed by atoms with Crippen LogP contribution in [0.1, 0.15) is 45.7 Å². The van der Waals surface area contributed by atoms with Crippen LogP contribution < -0.4 is 5.32 Å². The quantitative estimate of drug-likeness (QED) is 0.529. The smallest absolute Gasteiger partial charge is 0.244 e. The van der Waals surface area contributed by atoms with Crippen molar-refractivity contribution in [2.45, 2.75) is 53.0 Å². The second kappa shape index (κ2) is 9.87. The molecule has 0 fully saturated rings. The molecule has 0 bridgehead atoms. The van der Waals surface area contributed by atoms with Gasteiger partial charge in [0.15, 0.2) is 5.78 Å². The van der Waals surface area contributed by atoms with Crippen LogP contribution in [0.4, 0.5) is 0 Å². The van der Waals surface area contributed by atoms with Gasteiger partial charge in [0.1, 0.15) is 0 Å². The Hall–Kier alpha value is -1.98. The van der Waals surface area contributed by atoms with E-state index in [0.717, 1.165) is 37.9 Å². The Labute approximate surface area is 132 Å². The van der Waals surface area contributed by atoms with Gasteiger partial charge in [0.25, 0.3) is 0 Å². The number of aromatic nitrogens is 3. The van der Waals surface area contributed by atoms with Crippen LogP contribution in [0, 0.1) is 5.92 Å². The summed E-state index contributed by atoms with van der Waals surface area (Å²) in [5.74, 6) is -0.335. The summed E-state index contributed by atoms with van der Waals surface area (Å²) in [6.45, 7) is 7.21. The molecule has 0 saturated carbocycles. The minimum atomic E-state index is -0.220. The number of amides is 1. The van der Waals surface area contributed by atoms with Gasteiger partial charge < -0.3 is 5.32 Å². The molecule has 1 N–H and O–H groups in total. The van der Waals surface area contributed by atoms with E-state index in [2.05, 4.69) is 22.6 Å². The number of nitrogens with one attached hydrogen (secondary N) is 1. The number of aryl methyl sites for hydroxylation is 2. The van der Waals surface area contributed by atoms with Crippen molar-refractivity contribution >= 4 is 11.7 Å². The molecule has 0 aliphatic heterocycles. The van der Waals surface area contributed by atoms with Crippen LogP contribution in [-0.4, -0.2) is 33.2 Å². The van der Waals surface area contributed by atoms with Gasteiger partial charge in [-0.1, -0.05) is 26.0 Å². The van der Waals surface area contributed by atoms with Crippen LogP contribution in [0.5, 0.6) is 0 Å². The molecule has 0 spiro atoms. The molecule has 1 heterocycles. The molecule has 0 saturated heterocycles. The summed E-state index contributed by atoms with van der Waals surface area (Å²) in [5.41, 5.74) is 0.988. The summed E-state index contributed by atoms with van der Waals surface area (Å²) in [5, 5.41) is 10.9. The Kier molecular flexibility index (Phi) is 8.10. The predicted octanol–water partition coefficient (Wildman–Crippen LogP) is 1.91. The number of carbonyl (C=O) groups excluding carboxylic acids is 2. The van der Waals surface area contributed by atoms with Crippen LogP contribution in [-0.2, 0) is 22.6 Å². The number of allylic oxidation sites excluding steroid dienone is 1. The van der Waals surface area contributed by atoms with Crippen LogP contribution in [0.3, 0.4) is 0 Å². The van der Waals surface area contributed by atoms with Gasteiger partial charge in [-0.3, -0.25) is 14.3 Å². The molecule has 0 unspecified atom stereocenters. The zero-order valence-corrected chi connectivity index (χ0v) is 13.7. The van der Waals surface area contributed by atoms with Crippen molar-refractivity contribution in [3.63, 3.8) is 0 Å². The molecule has 1 aromatic rings. The first-order valence-electron chi connectivity index (χ1n) is 7.91. The largest absolute Gasteiger partial charge is 0.353 e. The van der Waals surface area contributed by atoms with Crippen molar-refractivity contribution in [3.05, 3.63) is 24.0 Å². The summed E-state index contributed by atoms with van der Waals surface area (Å²) in [6, 6.07) is 0. The van der Waals surface area contributed by atoms with E-state index in [-0.39, 0.29) is 17.6 Å². The van der Waals surface area contributed by atoms with E-state index in [1.165, 1.54) is 12.2 Å². The minimum Gasteiger partial charge on any atom is -0.353 e. The highest BCUT2D eigenvalue weighted by Gasteiger charge is 2.03. The Balaban J connectivity index is 2.14. The summed E-state index contributed by atoms with van der Waals surface area (Å²) in [7, 11) is 0. The van der Waals surface area contributed by atoms with Crippen LogP contribution >= 0.6 is 0 Å². The maximum atomic E-state index is 11.5. The molecule has 1 amide bonds. The molecular formula is C16H26N4O2. The number of unbranched alkanes of at least 4 members (excludes halogenated alkanes) is 1. The van der Waals surface area contributed by atoms with Gasteiger partial charge in [0, 0.05) is 31.3 Å². The van der Waals surface area contributed by atoms with Gasteiger partial charge in [-0.15, -0.1) is 5.10 Å². The highest BCUT2D eigenvalue weighted by atomic mass is 16.1. The second-order valence-electron chi connectivity index (χ2n) is 5.61. The zero-order valence-electron chi connectivity index (χ0n) is 13.7. The molecule has 6 nitrogen and oxygen atoms in total. The molecular weight excluding hydrogens is 280 g/mol. The van der Waals surface area contributed by atoms with Crippen LogP contribution in [0.2, 0.25) is 0 Å². The SMILES string of the molecule is CCCn1cc(CCCCNC(=O)/C=C/C(=O)C(C)C)nn1. The number of hydrogen-bond acceptors (Lipinski definition) is 4. The first kappa shape index (κ1) is 18.1. The highest BCUT2D eigenvalue weighted by molar-refractivity contribution is 5.98. The van der Waals surface area contributed by atoms with Gasteiger partial charge >= 0.3 is 0 Å². The van der Waals surface area contributed by atoms with Crippen LogP contribution in [0.15, 0.2) is 18.3 Å². The third-order valence-electron chi connectivity index (χ3n) is 3.17. The molecule has 0 atom stereocenters. The van der Waals surface area contributed by atoms with Crippen molar-refractivity contribution in [3.8, 4) is 0 Å².